The highest BCUT2D eigenvalue weighted by Crippen LogP contribution is 2.19. The van der Waals surface area contributed by atoms with Crippen LogP contribution in [0.1, 0.15) is 39.7 Å². The molecule has 0 spiro atoms. The van der Waals surface area contributed by atoms with Crippen LogP contribution in [0.25, 0.3) is 0 Å². The normalized spacial score (nSPS) is 18.0. The van der Waals surface area contributed by atoms with Gasteiger partial charge in [0.1, 0.15) is 11.8 Å². The predicted octanol–water partition coefficient (Wildman–Crippen LogP) is 2.54. The van der Waals surface area contributed by atoms with E-state index in [0.717, 1.165) is 35.8 Å². The van der Waals surface area contributed by atoms with Gasteiger partial charge >= 0.3 is 6.01 Å². The maximum Gasteiger partial charge on any atom is 0.317 e. The number of amides is 1. The van der Waals surface area contributed by atoms with E-state index in [1.165, 1.54) is 11.3 Å². The summed E-state index contributed by atoms with van der Waals surface area (Å²) in [5, 5.41) is 2.72. The average molecular weight is 332 g/mol. The largest absolute Gasteiger partial charge is 0.458 e. The average Bonchev–Trinajstić information content (AvgIpc) is 2.92. The van der Waals surface area contributed by atoms with Crippen molar-refractivity contribution in [2.45, 2.75) is 39.7 Å². The number of rotatable bonds is 3. The van der Waals surface area contributed by atoms with Gasteiger partial charge in [-0.05, 0) is 39.7 Å². The van der Waals surface area contributed by atoms with Gasteiger partial charge in [-0.2, -0.15) is 0 Å². The Hall–Kier alpha value is -2.02. The zero-order valence-corrected chi connectivity index (χ0v) is 14.4. The number of hydrogen-bond donors (Lipinski definition) is 0. The van der Waals surface area contributed by atoms with Crippen molar-refractivity contribution in [3.8, 4) is 6.01 Å². The number of hydrogen-bond acceptors (Lipinski definition) is 6. The van der Waals surface area contributed by atoms with Gasteiger partial charge < -0.3 is 9.64 Å². The summed E-state index contributed by atoms with van der Waals surface area (Å²) in [7, 11) is 0. The number of ether oxygens (including phenoxy) is 1. The van der Waals surface area contributed by atoms with Gasteiger partial charge in [0.05, 0.1) is 11.6 Å². The molecule has 0 saturated carbocycles. The maximum absolute atomic E-state index is 12.5. The molecular weight excluding hydrogens is 312 g/mol. The Morgan fingerprint density at radius 2 is 2.00 bits per heavy atom. The highest BCUT2D eigenvalue weighted by molar-refractivity contribution is 7.09. The van der Waals surface area contributed by atoms with Crippen molar-refractivity contribution < 1.29 is 9.53 Å². The topological polar surface area (TPSA) is 68.2 Å². The fourth-order valence-corrected chi connectivity index (χ4v) is 3.32. The van der Waals surface area contributed by atoms with Crippen LogP contribution in [-0.4, -0.2) is 45.0 Å². The number of nitrogens with zero attached hydrogens (tertiary/aromatic N) is 4. The molecule has 1 saturated heterocycles. The Labute approximate surface area is 139 Å². The SMILES string of the molecule is Cc1cc(C)nc(OC2CCCN(C(=O)c3csc(C)n3)C2)n1. The van der Waals surface area contributed by atoms with E-state index in [1.54, 1.807) is 0 Å². The number of carbonyl (C=O) groups excluding carboxylic acids is 1. The summed E-state index contributed by atoms with van der Waals surface area (Å²) >= 11 is 1.49. The van der Waals surface area contributed by atoms with E-state index in [4.69, 9.17) is 4.74 Å². The molecule has 1 amide bonds. The molecule has 2 aromatic rings. The van der Waals surface area contributed by atoms with Crippen molar-refractivity contribution in [3.05, 3.63) is 33.5 Å². The number of carbonyl (C=O) groups is 1. The first-order valence-electron chi connectivity index (χ1n) is 7.71. The standard InChI is InChI=1S/C16H20N4O2S/c1-10-7-11(2)18-16(17-10)22-13-5-4-6-20(8-13)15(21)14-9-23-12(3)19-14/h7,9,13H,4-6,8H2,1-3H3. The van der Waals surface area contributed by atoms with Gasteiger partial charge in [0.25, 0.3) is 5.91 Å². The molecule has 0 aromatic carbocycles. The van der Waals surface area contributed by atoms with Gasteiger partial charge in [0, 0.05) is 23.3 Å². The summed E-state index contributed by atoms with van der Waals surface area (Å²) in [5.41, 5.74) is 2.29. The molecule has 1 aliphatic heterocycles. The third-order valence-electron chi connectivity index (χ3n) is 3.74. The molecule has 7 heteroatoms. The number of piperidine rings is 1. The summed E-state index contributed by atoms with van der Waals surface area (Å²) in [6.07, 6.45) is 1.73. The minimum atomic E-state index is -0.0753. The second kappa shape index (κ2) is 6.62. The van der Waals surface area contributed by atoms with Crippen LogP contribution >= 0.6 is 11.3 Å². The molecule has 6 nitrogen and oxygen atoms in total. The van der Waals surface area contributed by atoms with E-state index in [9.17, 15) is 4.79 Å². The summed E-state index contributed by atoms with van der Waals surface area (Å²) in [6, 6.07) is 2.31. The molecule has 0 bridgehead atoms. The van der Waals surface area contributed by atoms with Crippen LogP contribution in [0.2, 0.25) is 0 Å². The number of likely N-dealkylation sites (tertiary alicyclic amines) is 1. The van der Waals surface area contributed by atoms with E-state index in [2.05, 4.69) is 15.0 Å². The van der Waals surface area contributed by atoms with Crippen LogP contribution in [0.15, 0.2) is 11.4 Å². The van der Waals surface area contributed by atoms with Crippen LogP contribution < -0.4 is 4.74 Å². The lowest BCUT2D eigenvalue weighted by Gasteiger charge is -2.32. The first kappa shape index (κ1) is 15.9. The number of aryl methyl sites for hydroxylation is 3. The summed E-state index contributed by atoms with van der Waals surface area (Å²) < 4.78 is 5.90. The Kier molecular flexibility index (Phi) is 4.56. The molecule has 1 unspecified atom stereocenters. The van der Waals surface area contributed by atoms with Crippen molar-refractivity contribution >= 4 is 17.2 Å². The van der Waals surface area contributed by atoms with Crippen LogP contribution in [0.5, 0.6) is 6.01 Å². The molecule has 0 aliphatic carbocycles. The van der Waals surface area contributed by atoms with Gasteiger partial charge in [-0.15, -0.1) is 11.3 Å². The maximum atomic E-state index is 12.5. The smallest absolute Gasteiger partial charge is 0.317 e. The first-order chi connectivity index (χ1) is 11.0. The first-order valence-corrected chi connectivity index (χ1v) is 8.59. The predicted molar refractivity (Wildman–Crippen MR) is 87.9 cm³/mol. The van der Waals surface area contributed by atoms with Crippen molar-refractivity contribution in [2.75, 3.05) is 13.1 Å². The highest BCUT2D eigenvalue weighted by atomic mass is 32.1. The molecular formula is C16H20N4O2S. The summed E-state index contributed by atoms with van der Waals surface area (Å²) in [6.45, 7) is 7.03. The van der Waals surface area contributed by atoms with Crippen molar-refractivity contribution in [1.29, 1.82) is 0 Å². The fourth-order valence-electron chi connectivity index (χ4n) is 2.74. The Morgan fingerprint density at radius 1 is 1.26 bits per heavy atom. The Balaban J connectivity index is 1.67. The molecule has 1 atom stereocenters. The Morgan fingerprint density at radius 3 is 2.65 bits per heavy atom. The Bertz CT molecular complexity index is 696. The minimum absolute atomic E-state index is 0.0241. The highest BCUT2D eigenvalue weighted by Gasteiger charge is 2.27. The molecule has 23 heavy (non-hydrogen) atoms. The summed E-state index contributed by atoms with van der Waals surface area (Å²) in [4.78, 5) is 27.2. The second-order valence-corrected chi connectivity index (χ2v) is 6.88. The van der Waals surface area contributed by atoms with Gasteiger partial charge in [-0.3, -0.25) is 4.79 Å². The minimum Gasteiger partial charge on any atom is -0.458 e. The van der Waals surface area contributed by atoms with Crippen LogP contribution in [0.4, 0.5) is 0 Å². The lowest BCUT2D eigenvalue weighted by atomic mass is 10.1. The van der Waals surface area contributed by atoms with Gasteiger partial charge in [-0.1, -0.05) is 0 Å². The number of aromatic nitrogens is 3. The van der Waals surface area contributed by atoms with Crippen LogP contribution in [-0.2, 0) is 0 Å². The van der Waals surface area contributed by atoms with Gasteiger partial charge in [0.15, 0.2) is 0 Å². The van der Waals surface area contributed by atoms with E-state index in [0.29, 0.717) is 18.2 Å². The van der Waals surface area contributed by atoms with Crippen LogP contribution in [0.3, 0.4) is 0 Å². The van der Waals surface area contributed by atoms with Gasteiger partial charge in [-0.25, -0.2) is 15.0 Å². The van der Waals surface area contributed by atoms with E-state index in [1.807, 2.05) is 37.1 Å². The molecule has 0 radical (unpaired) electrons. The molecule has 1 aliphatic rings. The zero-order chi connectivity index (χ0) is 16.4. The molecule has 0 N–H and O–H groups in total. The molecule has 1 fully saturated rings. The van der Waals surface area contributed by atoms with Crippen molar-refractivity contribution in [3.63, 3.8) is 0 Å². The van der Waals surface area contributed by atoms with Crippen molar-refractivity contribution in [2.24, 2.45) is 0 Å². The van der Waals surface area contributed by atoms with E-state index in [-0.39, 0.29) is 12.0 Å². The lowest BCUT2D eigenvalue weighted by Crippen LogP contribution is -2.44. The molecule has 122 valence electrons. The molecule has 2 aromatic heterocycles. The molecule has 3 heterocycles. The zero-order valence-electron chi connectivity index (χ0n) is 13.6. The second-order valence-electron chi connectivity index (χ2n) is 5.82. The van der Waals surface area contributed by atoms with E-state index < -0.39 is 0 Å². The van der Waals surface area contributed by atoms with Crippen molar-refractivity contribution in [1.82, 2.24) is 19.9 Å². The summed E-state index contributed by atoms with van der Waals surface area (Å²) in [5.74, 6) is -0.0241. The van der Waals surface area contributed by atoms with Gasteiger partial charge in [0.2, 0.25) is 0 Å². The third kappa shape index (κ3) is 3.85. The number of thiazole rings is 1. The quantitative estimate of drug-likeness (QED) is 0.864. The third-order valence-corrected chi connectivity index (χ3v) is 4.51. The van der Waals surface area contributed by atoms with Crippen LogP contribution in [0, 0.1) is 20.8 Å². The van der Waals surface area contributed by atoms with E-state index >= 15 is 0 Å². The lowest BCUT2D eigenvalue weighted by molar-refractivity contribution is 0.0510. The monoisotopic (exact) mass is 332 g/mol. The molecule has 3 rings (SSSR count). The fraction of sp³-hybridized carbons (Fsp3) is 0.500.